The predicted molar refractivity (Wildman–Crippen MR) is 59.9 cm³/mol. The average Bonchev–Trinajstić information content (AvgIpc) is 2.63. The fourth-order valence-corrected chi connectivity index (χ4v) is 2.20. The molecule has 0 spiro atoms. The number of aliphatic hydroxyl groups excluding tert-OH is 1. The highest BCUT2D eigenvalue weighted by Gasteiger charge is 2.31. The second kappa shape index (κ2) is 4.52. The van der Waals surface area contributed by atoms with Crippen molar-refractivity contribution in [1.29, 1.82) is 0 Å². The summed E-state index contributed by atoms with van der Waals surface area (Å²) in [5.74, 6) is 0.402. The van der Waals surface area contributed by atoms with Crippen LogP contribution in [0.2, 0.25) is 5.02 Å². The second-order valence-corrected chi connectivity index (χ2v) is 4.54. The molecule has 0 amide bonds. The molecule has 0 radical (unpaired) electrons. The van der Waals surface area contributed by atoms with Crippen LogP contribution in [0.25, 0.3) is 0 Å². The van der Waals surface area contributed by atoms with Crippen LogP contribution in [-0.2, 0) is 4.74 Å². The zero-order chi connectivity index (χ0) is 10.8. The molecule has 0 bridgehead atoms. The molecule has 82 valence electrons. The topological polar surface area (TPSA) is 29.5 Å². The Morgan fingerprint density at radius 3 is 2.93 bits per heavy atom. The van der Waals surface area contributed by atoms with E-state index in [9.17, 15) is 5.11 Å². The summed E-state index contributed by atoms with van der Waals surface area (Å²) in [5.41, 5.74) is 0.834. The fraction of sp³-hybridized carbons (Fsp3) is 0.500. The van der Waals surface area contributed by atoms with Gasteiger partial charge in [-0.05, 0) is 30.0 Å². The molecule has 3 heteroatoms. The van der Waals surface area contributed by atoms with Gasteiger partial charge in [0.15, 0.2) is 0 Å². The van der Waals surface area contributed by atoms with Crippen LogP contribution in [0.5, 0.6) is 0 Å². The van der Waals surface area contributed by atoms with Crippen LogP contribution in [-0.4, -0.2) is 17.8 Å². The molecule has 3 unspecified atom stereocenters. The van der Waals surface area contributed by atoms with E-state index < -0.39 is 6.10 Å². The molecule has 3 atom stereocenters. The van der Waals surface area contributed by atoms with E-state index in [1.54, 1.807) is 12.1 Å². The first-order chi connectivity index (χ1) is 7.18. The van der Waals surface area contributed by atoms with Crippen LogP contribution in [0.15, 0.2) is 24.3 Å². The summed E-state index contributed by atoms with van der Waals surface area (Å²) in [6.07, 6.45) is 0.354. The Kier molecular flexibility index (Phi) is 3.29. The number of halogens is 1. The van der Waals surface area contributed by atoms with Crippen LogP contribution < -0.4 is 0 Å². The van der Waals surface area contributed by atoms with Gasteiger partial charge >= 0.3 is 0 Å². The molecule has 15 heavy (non-hydrogen) atoms. The van der Waals surface area contributed by atoms with Crippen molar-refractivity contribution in [2.24, 2.45) is 5.92 Å². The number of benzene rings is 1. The van der Waals surface area contributed by atoms with Gasteiger partial charge in [0, 0.05) is 11.6 Å². The van der Waals surface area contributed by atoms with Crippen molar-refractivity contribution in [1.82, 2.24) is 0 Å². The summed E-state index contributed by atoms with van der Waals surface area (Å²) in [7, 11) is 0. The monoisotopic (exact) mass is 226 g/mol. The van der Waals surface area contributed by atoms with Gasteiger partial charge in [-0.2, -0.15) is 0 Å². The van der Waals surface area contributed by atoms with Gasteiger partial charge in [0.1, 0.15) is 6.10 Å². The summed E-state index contributed by atoms with van der Waals surface area (Å²) < 4.78 is 5.53. The molecule has 0 saturated carbocycles. The summed E-state index contributed by atoms with van der Waals surface area (Å²) in [4.78, 5) is 0. The normalized spacial score (nSPS) is 27.9. The molecule has 1 aliphatic heterocycles. The number of rotatable bonds is 2. The van der Waals surface area contributed by atoms with Crippen LogP contribution >= 0.6 is 11.6 Å². The summed E-state index contributed by atoms with van der Waals surface area (Å²) in [5, 5.41) is 10.8. The third-order valence-corrected chi connectivity index (χ3v) is 3.18. The van der Waals surface area contributed by atoms with E-state index in [2.05, 4.69) is 6.92 Å². The summed E-state index contributed by atoms with van der Waals surface area (Å²) >= 11 is 5.88. The van der Waals surface area contributed by atoms with Gasteiger partial charge < -0.3 is 9.84 Å². The average molecular weight is 227 g/mol. The van der Waals surface area contributed by atoms with Crippen molar-refractivity contribution in [2.45, 2.75) is 25.6 Å². The van der Waals surface area contributed by atoms with Gasteiger partial charge in [-0.25, -0.2) is 0 Å². The van der Waals surface area contributed by atoms with Crippen LogP contribution in [0, 0.1) is 5.92 Å². The first kappa shape index (κ1) is 10.9. The molecule has 0 aromatic heterocycles. The summed E-state index contributed by atoms with van der Waals surface area (Å²) in [6.45, 7) is 2.84. The molecule has 1 saturated heterocycles. The van der Waals surface area contributed by atoms with Crippen molar-refractivity contribution in [3.63, 3.8) is 0 Å². The molecular weight excluding hydrogens is 212 g/mol. The van der Waals surface area contributed by atoms with Gasteiger partial charge in [-0.3, -0.25) is 0 Å². The minimum absolute atomic E-state index is 0.0940. The van der Waals surface area contributed by atoms with Crippen molar-refractivity contribution in [3.8, 4) is 0 Å². The Morgan fingerprint density at radius 1 is 1.53 bits per heavy atom. The Labute approximate surface area is 94.8 Å². The van der Waals surface area contributed by atoms with Crippen molar-refractivity contribution in [2.75, 3.05) is 6.61 Å². The lowest BCUT2D eigenvalue weighted by atomic mass is 9.95. The van der Waals surface area contributed by atoms with E-state index in [-0.39, 0.29) is 6.10 Å². The minimum Gasteiger partial charge on any atom is -0.386 e. The molecule has 1 aromatic rings. The van der Waals surface area contributed by atoms with Gasteiger partial charge in [-0.15, -0.1) is 0 Å². The number of hydrogen-bond donors (Lipinski definition) is 1. The molecular formula is C12H15ClO2. The maximum absolute atomic E-state index is 10.1. The lowest BCUT2D eigenvalue weighted by Gasteiger charge is -2.21. The third kappa shape index (κ3) is 2.33. The van der Waals surface area contributed by atoms with E-state index in [0.29, 0.717) is 10.9 Å². The van der Waals surface area contributed by atoms with E-state index >= 15 is 0 Å². The second-order valence-electron chi connectivity index (χ2n) is 4.10. The largest absolute Gasteiger partial charge is 0.386 e. The standard InChI is InChI=1S/C12H15ClO2/c1-8-5-6-15-12(8)11(14)9-3-2-4-10(13)7-9/h2-4,7-8,11-12,14H,5-6H2,1H3. The fourth-order valence-electron chi connectivity index (χ4n) is 2.00. The van der Waals surface area contributed by atoms with Gasteiger partial charge in [0.2, 0.25) is 0 Å². The lowest BCUT2D eigenvalue weighted by molar-refractivity contribution is -0.0178. The van der Waals surface area contributed by atoms with Crippen LogP contribution in [0.3, 0.4) is 0 Å². The maximum atomic E-state index is 10.1. The van der Waals surface area contributed by atoms with E-state index in [1.807, 2.05) is 12.1 Å². The molecule has 2 rings (SSSR count). The zero-order valence-electron chi connectivity index (χ0n) is 8.69. The highest BCUT2D eigenvalue weighted by Crippen LogP contribution is 2.31. The number of hydrogen-bond acceptors (Lipinski definition) is 2. The van der Waals surface area contributed by atoms with E-state index in [4.69, 9.17) is 16.3 Å². The summed E-state index contributed by atoms with van der Waals surface area (Å²) in [6, 6.07) is 7.32. The van der Waals surface area contributed by atoms with Crippen LogP contribution in [0.1, 0.15) is 25.0 Å². The molecule has 1 heterocycles. The Bertz CT molecular complexity index is 340. The van der Waals surface area contributed by atoms with Crippen molar-refractivity contribution in [3.05, 3.63) is 34.9 Å². The smallest absolute Gasteiger partial charge is 0.105 e. The highest BCUT2D eigenvalue weighted by atomic mass is 35.5. The van der Waals surface area contributed by atoms with Gasteiger partial charge in [0.25, 0.3) is 0 Å². The molecule has 1 aromatic carbocycles. The van der Waals surface area contributed by atoms with Crippen molar-refractivity contribution < 1.29 is 9.84 Å². The Morgan fingerprint density at radius 2 is 2.33 bits per heavy atom. The van der Waals surface area contributed by atoms with Crippen molar-refractivity contribution >= 4 is 11.6 Å². The SMILES string of the molecule is CC1CCOC1C(O)c1cccc(Cl)c1. The number of aliphatic hydroxyl groups is 1. The predicted octanol–water partition coefficient (Wildman–Crippen LogP) is 2.80. The third-order valence-electron chi connectivity index (χ3n) is 2.95. The Hall–Kier alpha value is -0.570. The first-order valence-electron chi connectivity index (χ1n) is 5.23. The van der Waals surface area contributed by atoms with Gasteiger partial charge in [0.05, 0.1) is 6.10 Å². The van der Waals surface area contributed by atoms with Gasteiger partial charge in [-0.1, -0.05) is 30.7 Å². The zero-order valence-corrected chi connectivity index (χ0v) is 9.45. The van der Waals surface area contributed by atoms with E-state index in [1.165, 1.54) is 0 Å². The Balaban J connectivity index is 2.16. The molecule has 1 fully saturated rings. The van der Waals surface area contributed by atoms with Crippen LogP contribution in [0.4, 0.5) is 0 Å². The number of ether oxygens (including phenoxy) is 1. The quantitative estimate of drug-likeness (QED) is 0.841. The minimum atomic E-state index is -0.568. The van der Waals surface area contributed by atoms with E-state index in [0.717, 1.165) is 18.6 Å². The lowest BCUT2D eigenvalue weighted by Crippen LogP contribution is -2.22. The molecule has 2 nitrogen and oxygen atoms in total. The maximum Gasteiger partial charge on any atom is 0.105 e. The molecule has 1 aliphatic rings. The first-order valence-corrected chi connectivity index (χ1v) is 5.61. The highest BCUT2D eigenvalue weighted by molar-refractivity contribution is 6.30. The molecule has 0 aliphatic carbocycles. The molecule has 1 N–H and O–H groups in total.